The van der Waals surface area contributed by atoms with Crippen molar-refractivity contribution in [2.45, 2.75) is 40.0 Å². The number of rotatable bonds is 4. The number of carbonyl (C=O) groups is 4. The number of fused-ring (bicyclic) bond motifs is 1. The summed E-state index contributed by atoms with van der Waals surface area (Å²) in [5.74, 6) is -2.06. The van der Waals surface area contributed by atoms with Gasteiger partial charge in [-0.15, -0.1) is 0 Å². The Labute approximate surface area is 204 Å². The molecule has 0 N–H and O–H groups in total. The van der Waals surface area contributed by atoms with Crippen LogP contribution in [0.1, 0.15) is 37.3 Å². The highest BCUT2D eigenvalue weighted by Crippen LogP contribution is 2.40. The highest BCUT2D eigenvalue weighted by Gasteiger charge is 2.48. The molecule has 0 saturated carbocycles. The zero-order valence-corrected chi connectivity index (χ0v) is 20.1. The van der Waals surface area contributed by atoms with E-state index in [1.54, 1.807) is 29.2 Å². The molecule has 3 amide bonds. The van der Waals surface area contributed by atoms with Crippen LogP contribution in [0.3, 0.4) is 0 Å². The zero-order chi connectivity index (χ0) is 24.9. The van der Waals surface area contributed by atoms with Crippen LogP contribution < -0.4 is 14.5 Å². The largest absolute Gasteiger partial charge is 0.426 e. The SMILES string of the molecule is CC1=CC[C@@H]2C(=O)N(c3cccc(OC(=O)[C@@H]4CC(=O)N(c5cccc(C)c5C)C4)c3)C(=O)[C@H]2C1. The summed E-state index contributed by atoms with van der Waals surface area (Å²) in [6.45, 7) is 6.18. The van der Waals surface area contributed by atoms with Crippen LogP contribution in [0.5, 0.6) is 5.75 Å². The zero-order valence-electron chi connectivity index (χ0n) is 20.1. The summed E-state index contributed by atoms with van der Waals surface area (Å²) in [5.41, 5.74) is 4.42. The minimum absolute atomic E-state index is 0.0741. The van der Waals surface area contributed by atoms with Crippen molar-refractivity contribution in [1.82, 2.24) is 0 Å². The second-order valence-electron chi connectivity index (χ2n) is 9.76. The molecule has 2 aromatic carbocycles. The minimum Gasteiger partial charge on any atom is -0.426 e. The highest BCUT2D eigenvalue weighted by atomic mass is 16.5. The molecule has 35 heavy (non-hydrogen) atoms. The number of ether oxygens (including phenoxy) is 1. The Balaban J connectivity index is 1.30. The minimum atomic E-state index is -0.599. The number of carbonyl (C=O) groups excluding carboxylic acids is 4. The number of hydrogen-bond donors (Lipinski definition) is 0. The Morgan fingerprint density at radius 3 is 2.49 bits per heavy atom. The monoisotopic (exact) mass is 472 g/mol. The number of aryl methyl sites for hydroxylation is 1. The fraction of sp³-hybridized carbons (Fsp3) is 0.357. The lowest BCUT2D eigenvalue weighted by atomic mass is 9.82. The van der Waals surface area contributed by atoms with Crippen LogP contribution >= 0.6 is 0 Å². The van der Waals surface area contributed by atoms with Gasteiger partial charge < -0.3 is 9.64 Å². The topological polar surface area (TPSA) is 84.0 Å². The van der Waals surface area contributed by atoms with E-state index in [4.69, 9.17) is 4.74 Å². The number of esters is 1. The third-order valence-corrected chi connectivity index (χ3v) is 7.44. The molecule has 0 bridgehead atoms. The van der Waals surface area contributed by atoms with Crippen LogP contribution in [0, 0.1) is 31.6 Å². The van der Waals surface area contributed by atoms with Gasteiger partial charge in [0.25, 0.3) is 0 Å². The van der Waals surface area contributed by atoms with E-state index in [0.29, 0.717) is 18.5 Å². The number of imide groups is 1. The molecule has 2 saturated heterocycles. The smallest absolute Gasteiger partial charge is 0.316 e. The summed E-state index contributed by atoms with van der Waals surface area (Å²) in [7, 11) is 0. The van der Waals surface area contributed by atoms with Crippen LogP contribution in [0.25, 0.3) is 0 Å². The van der Waals surface area contributed by atoms with E-state index < -0.39 is 11.9 Å². The van der Waals surface area contributed by atoms with Crippen molar-refractivity contribution in [1.29, 1.82) is 0 Å². The van der Waals surface area contributed by atoms with Gasteiger partial charge >= 0.3 is 5.97 Å². The first kappa shape index (κ1) is 23.0. The molecule has 7 nitrogen and oxygen atoms in total. The van der Waals surface area contributed by atoms with E-state index in [9.17, 15) is 19.2 Å². The third kappa shape index (κ3) is 4.05. The summed E-state index contributed by atoms with van der Waals surface area (Å²) in [5, 5.41) is 0. The average molecular weight is 473 g/mol. The lowest BCUT2D eigenvalue weighted by molar-refractivity contribution is -0.139. The molecular formula is C28H28N2O5. The molecule has 2 aliphatic heterocycles. The molecule has 3 aliphatic rings. The van der Waals surface area contributed by atoms with E-state index in [2.05, 4.69) is 0 Å². The van der Waals surface area contributed by atoms with E-state index in [1.807, 2.05) is 45.0 Å². The van der Waals surface area contributed by atoms with Gasteiger partial charge in [0, 0.05) is 24.7 Å². The van der Waals surface area contributed by atoms with Crippen molar-refractivity contribution in [3.8, 4) is 5.75 Å². The molecule has 2 fully saturated rings. The van der Waals surface area contributed by atoms with Crippen LogP contribution in [0.4, 0.5) is 11.4 Å². The molecule has 0 radical (unpaired) electrons. The van der Waals surface area contributed by atoms with E-state index in [-0.39, 0.29) is 48.3 Å². The Kier molecular flexibility index (Phi) is 5.79. The molecule has 0 unspecified atom stereocenters. The van der Waals surface area contributed by atoms with Gasteiger partial charge in [0.15, 0.2) is 0 Å². The van der Waals surface area contributed by atoms with Crippen LogP contribution in [0.2, 0.25) is 0 Å². The standard InChI is InChI=1S/C28H28N2O5/c1-16-10-11-22-23(12-16)27(33)30(26(22)32)20-7-5-8-21(14-20)35-28(34)19-13-25(31)29(15-19)24-9-4-6-17(2)18(24)3/h4-10,14,19,22-23H,11-13,15H2,1-3H3/t19-,22+,23+/m1/s1. The van der Waals surface area contributed by atoms with Gasteiger partial charge in [-0.3, -0.25) is 19.2 Å². The highest BCUT2D eigenvalue weighted by molar-refractivity contribution is 6.22. The quantitative estimate of drug-likeness (QED) is 0.289. The molecule has 0 spiro atoms. The molecule has 0 aromatic heterocycles. The van der Waals surface area contributed by atoms with Crippen molar-refractivity contribution in [3.05, 3.63) is 65.2 Å². The number of hydrogen-bond acceptors (Lipinski definition) is 5. The second kappa shape index (κ2) is 8.80. The molecule has 5 rings (SSSR count). The van der Waals surface area contributed by atoms with Gasteiger partial charge in [-0.05, 0) is 62.9 Å². The van der Waals surface area contributed by atoms with Gasteiger partial charge in [0.05, 0.1) is 23.4 Å². The number of anilines is 2. The number of nitrogens with zero attached hydrogens (tertiary/aromatic N) is 2. The second-order valence-corrected chi connectivity index (χ2v) is 9.76. The van der Waals surface area contributed by atoms with Crippen molar-refractivity contribution in [2.75, 3.05) is 16.3 Å². The predicted octanol–water partition coefficient (Wildman–Crippen LogP) is 4.11. The van der Waals surface area contributed by atoms with Crippen LogP contribution in [-0.2, 0) is 19.2 Å². The maximum absolute atomic E-state index is 13.0. The Morgan fingerprint density at radius 2 is 1.69 bits per heavy atom. The van der Waals surface area contributed by atoms with Crippen molar-refractivity contribution >= 4 is 35.1 Å². The first-order valence-corrected chi connectivity index (χ1v) is 12.0. The van der Waals surface area contributed by atoms with Gasteiger partial charge in [-0.25, -0.2) is 4.90 Å². The molecule has 2 aromatic rings. The summed E-state index contributed by atoms with van der Waals surface area (Å²) in [6, 6.07) is 12.3. The Bertz CT molecular complexity index is 1280. The van der Waals surface area contributed by atoms with Crippen molar-refractivity contribution < 1.29 is 23.9 Å². The lowest BCUT2D eigenvalue weighted by Crippen LogP contribution is -2.31. The van der Waals surface area contributed by atoms with E-state index >= 15 is 0 Å². The van der Waals surface area contributed by atoms with Gasteiger partial charge in [0.2, 0.25) is 17.7 Å². The summed E-state index contributed by atoms with van der Waals surface area (Å²) in [6.07, 6.45) is 3.26. The normalized spacial score (nSPS) is 24.0. The molecular weight excluding hydrogens is 444 g/mol. The van der Waals surface area contributed by atoms with Gasteiger partial charge in [0.1, 0.15) is 5.75 Å². The molecule has 7 heteroatoms. The van der Waals surface area contributed by atoms with Gasteiger partial charge in [-0.2, -0.15) is 0 Å². The first-order chi connectivity index (χ1) is 16.7. The molecule has 180 valence electrons. The molecule has 2 heterocycles. The van der Waals surface area contributed by atoms with Gasteiger partial charge in [-0.1, -0.05) is 29.8 Å². The number of amides is 3. The maximum Gasteiger partial charge on any atom is 0.316 e. The number of allylic oxidation sites excluding steroid dienone is 2. The predicted molar refractivity (Wildman–Crippen MR) is 131 cm³/mol. The van der Waals surface area contributed by atoms with E-state index in [0.717, 1.165) is 22.4 Å². The van der Waals surface area contributed by atoms with E-state index in [1.165, 1.54) is 4.90 Å². The molecule has 1 aliphatic carbocycles. The summed E-state index contributed by atoms with van der Waals surface area (Å²) < 4.78 is 5.61. The van der Waals surface area contributed by atoms with Crippen molar-refractivity contribution in [3.63, 3.8) is 0 Å². The number of benzene rings is 2. The Hall–Kier alpha value is -3.74. The summed E-state index contributed by atoms with van der Waals surface area (Å²) >= 11 is 0. The fourth-order valence-corrected chi connectivity index (χ4v) is 5.30. The molecule has 3 atom stereocenters. The third-order valence-electron chi connectivity index (χ3n) is 7.44. The fourth-order valence-electron chi connectivity index (χ4n) is 5.30. The Morgan fingerprint density at radius 1 is 0.943 bits per heavy atom. The lowest BCUT2D eigenvalue weighted by Gasteiger charge is -2.20. The average Bonchev–Trinajstić information content (AvgIpc) is 3.33. The van der Waals surface area contributed by atoms with Crippen molar-refractivity contribution in [2.24, 2.45) is 17.8 Å². The maximum atomic E-state index is 13.0. The first-order valence-electron chi connectivity index (χ1n) is 12.0. The van der Waals surface area contributed by atoms with Crippen LogP contribution in [0.15, 0.2) is 54.1 Å². The summed E-state index contributed by atoms with van der Waals surface area (Å²) in [4.78, 5) is 54.5. The van der Waals surface area contributed by atoms with Crippen LogP contribution in [-0.4, -0.2) is 30.2 Å².